The number of nitrogens with zero attached hydrogens (tertiary/aromatic N) is 4. The third kappa shape index (κ3) is 6.22. The molecule has 2 aliphatic rings. The maximum absolute atomic E-state index is 13.7. The van der Waals surface area contributed by atoms with Gasteiger partial charge in [-0.15, -0.1) is 0 Å². The minimum absolute atomic E-state index is 0.0579. The molecule has 0 aliphatic carbocycles. The van der Waals surface area contributed by atoms with Gasteiger partial charge in [-0.05, 0) is 31.4 Å². The molecular formula is C29H37N5O5. The number of unbranched alkanes of at least 4 members (excludes halogenated alkanes) is 1. The lowest BCUT2D eigenvalue weighted by Gasteiger charge is -2.55. The summed E-state index contributed by atoms with van der Waals surface area (Å²) >= 11 is 0. The van der Waals surface area contributed by atoms with Crippen LogP contribution in [0.25, 0.3) is 0 Å². The molecule has 3 atom stereocenters. The molecule has 2 saturated heterocycles. The number of rotatable bonds is 9. The number of hydrogen-bond donors (Lipinski definition) is 2. The Balaban J connectivity index is 1.73. The summed E-state index contributed by atoms with van der Waals surface area (Å²) in [4.78, 5) is 55.7. The van der Waals surface area contributed by atoms with Crippen molar-refractivity contribution < 1.29 is 24.3 Å². The molecule has 2 aromatic carbocycles. The van der Waals surface area contributed by atoms with Crippen molar-refractivity contribution >= 4 is 23.8 Å². The van der Waals surface area contributed by atoms with E-state index < -0.39 is 30.5 Å². The van der Waals surface area contributed by atoms with Crippen LogP contribution < -0.4 is 5.32 Å². The lowest BCUT2D eigenvalue weighted by atomic mass is 9.99. The Morgan fingerprint density at radius 2 is 1.77 bits per heavy atom. The van der Waals surface area contributed by atoms with Crippen LogP contribution in [0.5, 0.6) is 0 Å². The number of carbonyl (C=O) groups is 4. The minimum Gasteiger partial charge on any atom is -0.481 e. The molecule has 39 heavy (non-hydrogen) atoms. The Labute approximate surface area is 229 Å². The molecule has 0 saturated carbocycles. The number of benzene rings is 2. The van der Waals surface area contributed by atoms with Gasteiger partial charge in [-0.1, -0.05) is 73.5 Å². The van der Waals surface area contributed by atoms with Crippen LogP contribution in [0.4, 0.5) is 4.79 Å². The van der Waals surface area contributed by atoms with Crippen molar-refractivity contribution in [2.75, 3.05) is 19.6 Å². The van der Waals surface area contributed by atoms with Crippen LogP contribution in [0.3, 0.4) is 0 Å². The molecule has 0 aromatic heterocycles. The first-order valence-electron chi connectivity index (χ1n) is 13.5. The van der Waals surface area contributed by atoms with Crippen molar-refractivity contribution in [3.05, 3.63) is 71.3 Å². The summed E-state index contributed by atoms with van der Waals surface area (Å²) in [7, 11) is 0. The van der Waals surface area contributed by atoms with Crippen molar-refractivity contribution in [3.8, 4) is 0 Å². The third-order valence-electron chi connectivity index (χ3n) is 7.40. The second-order valence-corrected chi connectivity index (χ2v) is 10.2. The van der Waals surface area contributed by atoms with Gasteiger partial charge in [0, 0.05) is 13.1 Å². The Morgan fingerprint density at radius 3 is 2.41 bits per heavy atom. The van der Waals surface area contributed by atoms with Gasteiger partial charge in [0.2, 0.25) is 11.8 Å². The molecule has 208 valence electrons. The largest absolute Gasteiger partial charge is 0.481 e. The van der Waals surface area contributed by atoms with E-state index in [1.807, 2.05) is 75.4 Å². The molecule has 4 amide bonds. The number of carbonyl (C=O) groups excluding carboxylic acids is 3. The number of aryl methyl sites for hydroxylation is 1. The van der Waals surface area contributed by atoms with Gasteiger partial charge >= 0.3 is 12.0 Å². The normalized spacial score (nSPS) is 20.5. The van der Waals surface area contributed by atoms with Crippen LogP contribution in [0.1, 0.15) is 55.8 Å². The molecular weight excluding hydrogens is 498 g/mol. The fourth-order valence-corrected chi connectivity index (χ4v) is 5.27. The maximum Gasteiger partial charge on any atom is 0.333 e. The molecule has 10 heteroatoms. The number of hydrogen-bond acceptors (Lipinski definition) is 5. The molecule has 2 aromatic rings. The van der Waals surface area contributed by atoms with Crippen LogP contribution in [0.2, 0.25) is 0 Å². The first kappa shape index (κ1) is 28.1. The average molecular weight is 536 g/mol. The Morgan fingerprint density at radius 1 is 1.08 bits per heavy atom. The lowest BCUT2D eigenvalue weighted by Crippen LogP contribution is -2.76. The van der Waals surface area contributed by atoms with E-state index in [-0.39, 0.29) is 31.1 Å². The van der Waals surface area contributed by atoms with Gasteiger partial charge in [-0.3, -0.25) is 14.4 Å². The fraction of sp³-hybridized carbons (Fsp3) is 0.448. The summed E-state index contributed by atoms with van der Waals surface area (Å²) in [6.07, 6.45) is 0.301. The quantitative estimate of drug-likeness (QED) is 0.477. The van der Waals surface area contributed by atoms with E-state index in [0.29, 0.717) is 13.1 Å². The van der Waals surface area contributed by atoms with Gasteiger partial charge in [0.15, 0.2) is 0 Å². The van der Waals surface area contributed by atoms with Crippen molar-refractivity contribution in [3.63, 3.8) is 0 Å². The maximum atomic E-state index is 13.7. The second kappa shape index (κ2) is 12.3. The number of piperazine rings is 1. The van der Waals surface area contributed by atoms with E-state index in [1.54, 1.807) is 9.91 Å². The van der Waals surface area contributed by atoms with Crippen molar-refractivity contribution in [2.45, 2.75) is 64.8 Å². The number of carboxylic acids is 1. The van der Waals surface area contributed by atoms with Gasteiger partial charge < -0.3 is 20.2 Å². The highest BCUT2D eigenvalue weighted by Gasteiger charge is 2.52. The minimum atomic E-state index is -1.22. The number of aliphatic carboxylic acids is 1. The Bertz CT molecular complexity index is 1190. The summed E-state index contributed by atoms with van der Waals surface area (Å²) < 4.78 is 0. The molecule has 0 unspecified atom stereocenters. The molecule has 4 rings (SSSR count). The SMILES string of the molecule is CCCCNC(=O)N1[C@H]2CN([C@@H](C)c3ccccc3)C(=O)[C@H](CC(=O)O)N2C(=O)CN1Cc1ccc(C)cc1. The van der Waals surface area contributed by atoms with E-state index in [9.17, 15) is 24.3 Å². The van der Waals surface area contributed by atoms with E-state index in [1.165, 1.54) is 9.91 Å². The standard InChI is InChI=1S/C29H37N5O5/c1-4-5-15-30-29(39)34-25-18-32(21(3)23-9-7-6-8-10-23)28(38)24(16-27(36)37)33(25)26(35)19-31(34)17-22-13-11-20(2)12-14-22/h6-14,21,24-25H,4-5,15-19H2,1-3H3,(H,30,39)(H,36,37)/t21-,24-,25-/m0/s1. The van der Waals surface area contributed by atoms with E-state index in [4.69, 9.17) is 0 Å². The smallest absolute Gasteiger partial charge is 0.333 e. The third-order valence-corrected chi connectivity index (χ3v) is 7.40. The number of carboxylic acid groups (broad SMARTS) is 1. The van der Waals surface area contributed by atoms with E-state index >= 15 is 0 Å². The van der Waals surface area contributed by atoms with Gasteiger partial charge in [0.25, 0.3) is 0 Å². The number of hydrazine groups is 1. The number of nitrogens with one attached hydrogen (secondary N) is 1. The molecule has 10 nitrogen and oxygen atoms in total. The van der Waals surface area contributed by atoms with Crippen LogP contribution in [-0.4, -0.2) is 80.6 Å². The molecule has 0 spiro atoms. The molecule has 2 aliphatic heterocycles. The van der Waals surface area contributed by atoms with Crippen molar-refractivity contribution in [1.29, 1.82) is 0 Å². The highest BCUT2D eigenvalue weighted by atomic mass is 16.4. The summed E-state index contributed by atoms with van der Waals surface area (Å²) in [5, 5.41) is 15.9. The highest BCUT2D eigenvalue weighted by Crippen LogP contribution is 2.33. The molecule has 2 heterocycles. The van der Waals surface area contributed by atoms with Crippen molar-refractivity contribution in [1.82, 2.24) is 25.1 Å². The number of urea groups is 1. The topological polar surface area (TPSA) is 113 Å². The second-order valence-electron chi connectivity index (χ2n) is 10.2. The number of amides is 4. The van der Waals surface area contributed by atoms with Gasteiger partial charge in [-0.2, -0.15) is 0 Å². The predicted molar refractivity (Wildman–Crippen MR) is 145 cm³/mol. The van der Waals surface area contributed by atoms with Crippen LogP contribution >= 0.6 is 0 Å². The van der Waals surface area contributed by atoms with Crippen LogP contribution in [0.15, 0.2) is 54.6 Å². The summed E-state index contributed by atoms with van der Waals surface area (Å²) in [5.41, 5.74) is 2.91. The van der Waals surface area contributed by atoms with Gasteiger partial charge in [0.05, 0.1) is 25.6 Å². The monoisotopic (exact) mass is 535 g/mol. The zero-order valence-corrected chi connectivity index (χ0v) is 22.7. The summed E-state index contributed by atoms with van der Waals surface area (Å²) in [6, 6.07) is 15.3. The first-order valence-corrected chi connectivity index (χ1v) is 13.5. The Hall–Kier alpha value is -3.92. The fourth-order valence-electron chi connectivity index (χ4n) is 5.27. The van der Waals surface area contributed by atoms with Crippen LogP contribution in [-0.2, 0) is 20.9 Å². The van der Waals surface area contributed by atoms with Crippen LogP contribution in [0, 0.1) is 6.92 Å². The number of fused-ring (bicyclic) bond motifs is 1. The highest BCUT2D eigenvalue weighted by molar-refractivity contribution is 5.94. The molecule has 2 N–H and O–H groups in total. The van der Waals surface area contributed by atoms with Crippen molar-refractivity contribution in [2.24, 2.45) is 0 Å². The van der Waals surface area contributed by atoms with E-state index in [0.717, 1.165) is 29.5 Å². The zero-order valence-electron chi connectivity index (χ0n) is 22.7. The summed E-state index contributed by atoms with van der Waals surface area (Å²) in [5.74, 6) is -2.00. The zero-order chi connectivity index (χ0) is 28.1. The average Bonchev–Trinajstić information content (AvgIpc) is 2.91. The first-order chi connectivity index (χ1) is 18.7. The van der Waals surface area contributed by atoms with Gasteiger partial charge in [-0.25, -0.2) is 14.8 Å². The summed E-state index contributed by atoms with van der Waals surface area (Å²) in [6.45, 7) is 6.58. The molecule has 0 bridgehead atoms. The molecule has 2 fully saturated rings. The van der Waals surface area contributed by atoms with E-state index in [2.05, 4.69) is 5.32 Å². The predicted octanol–water partition coefficient (Wildman–Crippen LogP) is 3.14. The van der Waals surface area contributed by atoms with Gasteiger partial charge in [0.1, 0.15) is 12.2 Å². The molecule has 0 radical (unpaired) electrons. The lowest BCUT2D eigenvalue weighted by molar-refractivity contribution is -0.195. The Kier molecular flexibility index (Phi) is 8.86.